The van der Waals surface area contributed by atoms with Gasteiger partial charge in [0.15, 0.2) is 0 Å². The Balaban J connectivity index is 1.29. The number of hydrogen-bond donors (Lipinski definition) is 3. The van der Waals surface area contributed by atoms with E-state index >= 15 is 0 Å². The molecule has 1 saturated carbocycles. The maximum absolute atomic E-state index is 12.9. The third-order valence-corrected chi connectivity index (χ3v) is 6.84. The highest BCUT2D eigenvalue weighted by atomic mass is 16.5. The number of carbonyl (C=O) groups is 4. The van der Waals surface area contributed by atoms with E-state index in [1.807, 2.05) is 6.07 Å². The summed E-state index contributed by atoms with van der Waals surface area (Å²) >= 11 is 0. The molecule has 0 aromatic heterocycles. The first-order chi connectivity index (χ1) is 14.4. The lowest BCUT2D eigenvalue weighted by atomic mass is 10.0. The molecule has 1 unspecified atom stereocenters. The first kappa shape index (κ1) is 19.3. The molecule has 30 heavy (non-hydrogen) atoms. The minimum atomic E-state index is -0.946. The Kier molecular flexibility index (Phi) is 4.49. The van der Waals surface area contributed by atoms with Crippen molar-refractivity contribution in [3.63, 3.8) is 0 Å². The Morgan fingerprint density at radius 2 is 1.97 bits per heavy atom. The van der Waals surface area contributed by atoms with Crippen LogP contribution in [-0.4, -0.2) is 59.4 Å². The molecule has 3 heterocycles. The van der Waals surface area contributed by atoms with Crippen LogP contribution in [0.2, 0.25) is 0 Å². The fourth-order valence-electron chi connectivity index (χ4n) is 5.19. The van der Waals surface area contributed by atoms with Gasteiger partial charge >= 0.3 is 0 Å². The number of nitrogens with zero attached hydrogens (tertiary/aromatic N) is 1. The lowest BCUT2D eigenvalue weighted by Crippen LogP contribution is -2.54. The summed E-state index contributed by atoms with van der Waals surface area (Å²) in [5.74, 6) is -1.52. The number of piperidine rings is 1. The van der Waals surface area contributed by atoms with E-state index in [1.54, 1.807) is 12.1 Å². The van der Waals surface area contributed by atoms with Crippen LogP contribution in [0.4, 0.5) is 0 Å². The molecular weight excluding hydrogens is 388 g/mol. The molecule has 158 valence electrons. The van der Waals surface area contributed by atoms with Gasteiger partial charge in [0.1, 0.15) is 6.04 Å². The monoisotopic (exact) mass is 412 g/mol. The second-order valence-electron chi connectivity index (χ2n) is 8.68. The summed E-state index contributed by atoms with van der Waals surface area (Å²) in [6.07, 6.45) is 2.10. The van der Waals surface area contributed by atoms with Crippen molar-refractivity contribution in [2.45, 2.75) is 49.9 Å². The Morgan fingerprint density at radius 3 is 2.70 bits per heavy atom. The Hall–Kier alpha value is -2.62. The number of nitrogens with one attached hydrogen (secondary N) is 2. The van der Waals surface area contributed by atoms with Crippen LogP contribution < -0.4 is 16.4 Å². The number of benzene rings is 1. The third kappa shape index (κ3) is 2.96. The van der Waals surface area contributed by atoms with Crippen LogP contribution in [0.25, 0.3) is 0 Å². The lowest BCUT2D eigenvalue weighted by Gasteiger charge is -2.29. The van der Waals surface area contributed by atoms with E-state index in [4.69, 9.17) is 10.5 Å². The molecular formula is C21H24N4O5. The van der Waals surface area contributed by atoms with Crippen molar-refractivity contribution in [2.24, 2.45) is 11.7 Å². The van der Waals surface area contributed by atoms with Gasteiger partial charge in [0.05, 0.1) is 23.3 Å². The zero-order valence-corrected chi connectivity index (χ0v) is 16.5. The number of nitrogens with two attached hydrogens (primary N) is 1. The number of hydrogen-bond acceptors (Lipinski definition) is 7. The average molecular weight is 412 g/mol. The maximum Gasteiger partial charge on any atom is 0.262 e. The number of amides is 4. The van der Waals surface area contributed by atoms with Gasteiger partial charge in [0.25, 0.3) is 11.8 Å². The molecule has 5 rings (SSSR count). The van der Waals surface area contributed by atoms with Gasteiger partial charge in [0.2, 0.25) is 11.8 Å². The van der Waals surface area contributed by atoms with Crippen molar-refractivity contribution in [3.05, 3.63) is 34.9 Å². The van der Waals surface area contributed by atoms with Crippen LogP contribution in [0.3, 0.4) is 0 Å². The fourth-order valence-corrected chi connectivity index (χ4v) is 5.19. The summed E-state index contributed by atoms with van der Waals surface area (Å²) in [5.41, 5.74) is 7.17. The summed E-state index contributed by atoms with van der Waals surface area (Å²) < 4.78 is 5.84. The standard InChI is InChI=1S/C21H24N4O5/c22-10-21-6-12(9-30-21)15(7-21)23-8-11-1-2-13-14(5-11)20(29)25(19(13)28)16-3-4-17(26)24-18(16)27/h1-2,5,12,15-16,23H,3-4,6-10,22H2,(H,24,26,27)/t12-,15+,16?,21+/m1/s1. The van der Waals surface area contributed by atoms with Crippen LogP contribution in [0.15, 0.2) is 18.2 Å². The van der Waals surface area contributed by atoms with Gasteiger partial charge in [-0.25, -0.2) is 0 Å². The first-order valence-corrected chi connectivity index (χ1v) is 10.3. The molecule has 4 N–H and O–H groups in total. The number of carbonyl (C=O) groups excluding carboxylic acids is 4. The molecule has 9 heteroatoms. The first-order valence-electron chi connectivity index (χ1n) is 10.3. The molecule has 4 aliphatic rings. The van der Waals surface area contributed by atoms with Crippen LogP contribution >= 0.6 is 0 Å². The molecule has 0 spiro atoms. The second kappa shape index (κ2) is 6.97. The Morgan fingerprint density at radius 1 is 1.17 bits per heavy atom. The average Bonchev–Trinajstić information content (AvgIpc) is 3.39. The van der Waals surface area contributed by atoms with E-state index in [-0.39, 0.29) is 24.3 Å². The topological polar surface area (TPSA) is 131 Å². The molecule has 2 saturated heterocycles. The molecule has 9 nitrogen and oxygen atoms in total. The molecule has 1 aromatic rings. The Labute approximate surface area is 173 Å². The number of fused-ring (bicyclic) bond motifs is 3. The highest BCUT2D eigenvalue weighted by Gasteiger charge is 2.51. The van der Waals surface area contributed by atoms with E-state index in [0.29, 0.717) is 42.8 Å². The molecule has 3 fully saturated rings. The van der Waals surface area contributed by atoms with E-state index in [9.17, 15) is 19.2 Å². The molecule has 4 amide bonds. The number of rotatable bonds is 5. The SMILES string of the molecule is NC[C@@]12C[C@H](CO1)[C@@H](NCc1ccc3c(c1)C(=O)N(C1CCC(=O)NC1=O)C3=O)C2. The van der Waals surface area contributed by atoms with E-state index in [1.165, 1.54) is 0 Å². The van der Waals surface area contributed by atoms with E-state index in [0.717, 1.165) is 23.3 Å². The van der Waals surface area contributed by atoms with Crippen molar-refractivity contribution in [1.29, 1.82) is 0 Å². The van der Waals surface area contributed by atoms with E-state index in [2.05, 4.69) is 10.6 Å². The highest BCUT2D eigenvalue weighted by Crippen LogP contribution is 2.43. The van der Waals surface area contributed by atoms with Crippen molar-refractivity contribution < 1.29 is 23.9 Å². The summed E-state index contributed by atoms with van der Waals surface area (Å²) in [4.78, 5) is 50.2. The zero-order valence-electron chi connectivity index (χ0n) is 16.5. The second-order valence-corrected chi connectivity index (χ2v) is 8.68. The minimum absolute atomic E-state index is 0.107. The van der Waals surface area contributed by atoms with E-state index < -0.39 is 23.8 Å². The third-order valence-electron chi connectivity index (χ3n) is 6.84. The molecule has 0 radical (unpaired) electrons. The van der Waals surface area contributed by atoms with Crippen LogP contribution in [0, 0.1) is 5.92 Å². The zero-order chi connectivity index (χ0) is 21.0. The van der Waals surface area contributed by atoms with Crippen LogP contribution in [-0.2, 0) is 20.9 Å². The largest absolute Gasteiger partial charge is 0.373 e. The summed E-state index contributed by atoms with van der Waals surface area (Å²) in [6.45, 7) is 1.80. The van der Waals surface area contributed by atoms with Crippen LogP contribution in [0.5, 0.6) is 0 Å². The smallest absolute Gasteiger partial charge is 0.262 e. The van der Waals surface area contributed by atoms with Gasteiger partial charge in [0, 0.05) is 31.5 Å². The minimum Gasteiger partial charge on any atom is -0.373 e. The summed E-state index contributed by atoms with van der Waals surface area (Å²) in [5, 5.41) is 5.75. The highest BCUT2D eigenvalue weighted by molar-refractivity contribution is 6.23. The van der Waals surface area contributed by atoms with Crippen molar-refractivity contribution in [2.75, 3.05) is 13.2 Å². The number of ether oxygens (including phenoxy) is 1. The van der Waals surface area contributed by atoms with Gasteiger partial charge in [-0.15, -0.1) is 0 Å². The van der Waals surface area contributed by atoms with Gasteiger partial charge in [-0.1, -0.05) is 6.07 Å². The summed E-state index contributed by atoms with van der Waals surface area (Å²) in [7, 11) is 0. The molecule has 2 bridgehead atoms. The van der Waals surface area contributed by atoms with Crippen molar-refractivity contribution >= 4 is 23.6 Å². The fraction of sp³-hybridized carbons (Fsp3) is 0.524. The van der Waals surface area contributed by atoms with Crippen molar-refractivity contribution in [3.8, 4) is 0 Å². The van der Waals surface area contributed by atoms with Gasteiger partial charge < -0.3 is 15.8 Å². The normalized spacial score (nSPS) is 32.7. The predicted molar refractivity (Wildman–Crippen MR) is 104 cm³/mol. The predicted octanol–water partition coefficient (Wildman–Crippen LogP) is -0.316. The van der Waals surface area contributed by atoms with Crippen molar-refractivity contribution in [1.82, 2.24) is 15.5 Å². The molecule has 4 atom stereocenters. The maximum atomic E-state index is 12.9. The Bertz CT molecular complexity index is 963. The quantitative estimate of drug-likeness (QED) is 0.565. The number of imide groups is 2. The van der Waals surface area contributed by atoms with Crippen LogP contribution in [0.1, 0.15) is 52.0 Å². The molecule has 3 aliphatic heterocycles. The van der Waals surface area contributed by atoms with Gasteiger partial charge in [-0.05, 0) is 37.0 Å². The van der Waals surface area contributed by atoms with Gasteiger partial charge in [-0.3, -0.25) is 29.4 Å². The lowest BCUT2D eigenvalue weighted by molar-refractivity contribution is -0.136. The molecule has 1 aliphatic carbocycles. The molecule has 1 aromatic carbocycles. The summed E-state index contributed by atoms with van der Waals surface area (Å²) in [6, 6.07) is 4.56. The van der Waals surface area contributed by atoms with Gasteiger partial charge in [-0.2, -0.15) is 0 Å².